The maximum atomic E-state index is 11.5. The molecule has 1 aliphatic heterocycles. The molecule has 0 spiro atoms. The van der Waals surface area contributed by atoms with Gasteiger partial charge in [-0.1, -0.05) is 0 Å². The van der Waals surface area contributed by atoms with Gasteiger partial charge in [0.25, 0.3) is 0 Å². The second-order valence-corrected chi connectivity index (χ2v) is 5.94. The van der Waals surface area contributed by atoms with E-state index in [1.54, 1.807) is 0 Å². The number of likely N-dealkylation sites (tertiary alicyclic amines) is 1. The monoisotopic (exact) mass is 257 g/mol. The van der Waals surface area contributed by atoms with Crippen molar-refractivity contribution in [2.45, 2.75) is 32.8 Å². The van der Waals surface area contributed by atoms with Gasteiger partial charge in [0.15, 0.2) is 0 Å². The summed E-state index contributed by atoms with van der Waals surface area (Å²) in [7, 11) is 1.97. The molecule has 1 rings (SSSR count). The first-order valence-electron chi connectivity index (χ1n) is 6.74. The summed E-state index contributed by atoms with van der Waals surface area (Å²) in [6.45, 7) is 10.6. The minimum absolute atomic E-state index is 0.309. The maximum absolute atomic E-state index is 11.5. The Labute approximate surface area is 110 Å². The van der Waals surface area contributed by atoms with E-state index in [0.29, 0.717) is 12.5 Å². The number of carbonyl (C=O) groups is 1. The second kappa shape index (κ2) is 6.95. The van der Waals surface area contributed by atoms with Crippen molar-refractivity contribution >= 4 is 6.09 Å². The molecular weight excluding hydrogens is 230 g/mol. The normalized spacial score (nSPS) is 21.0. The topological polar surface area (TPSA) is 53.6 Å². The Morgan fingerprint density at radius 3 is 2.78 bits per heavy atom. The molecule has 1 saturated heterocycles. The van der Waals surface area contributed by atoms with Crippen LogP contribution in [0.15, 0.2) is 0 Å². The SMILES string of the molecule is CNCCN1CCC(CNC(=O)OC(C)(C)C)C1. The van der Waals surface area contributed by atoms with Crippen LogP contribution < -0.4 is 10.6 Å². The highest BCUT2D eigenvalue weighted by atomic mass is 16.6. The summed E-state index contributed by atoms with van der Waals surface area (Å²) in [5.74, 6) is 0.550. The summed E-state index contributed by atoms with van der Waals surface area (Å²) >= 11 is 0. The molecule has 1 amide bonds. The van der Waals surface area contributed by atoms with E-state index in [4.69, 9.17) is 4.74 Å². The standard InChI is InChI=1S/C13H27N3O2/c1-13(2,3)18-12(17)15-9-11-5-7-16(10-11)8-6-14-4/h11,14H,5-10H2,1-4H3,(H,15,17). The van der Waals surface area contributed by atoms with Gasteiger partial charge >= 0.3 is 6.09 Å². The van der Waals surface area contributed by atoms with Crippen LogP contribution in [-0.4, -0.2) is 56.4 Å². The van der Waals surface area contributed by atoms with E-state index in [0.717, 1.165) is 32.6 Å². The molecule has 0 aromatic heterocycles. The number of ether oxygens (including phenoxy) is 1. The summed E-state index contributed by atoms with van der Waals surface area (Å²) in [6, 6.07) is 0. The molecule has 5 heteroatoms. The van der Waals surface area contributed by atoms with Gasteiger partial charge in [-0.05, 0) is 46.7 Å². The fraction of sp³-hybridized carbons (Fsp3) is 0.923. The summed E-state index contributed by atoms with van der Waals surface area (Å²) in [5, 5.41) is 6.01. The number of alkyl carbamates (subject to hydrolysis) is 1. The molecule has 1 atom stereocenters. The van der Waals surface area contributed by atoms with Crippen LogP contribution in [0.3, 0.4) is 0 Å². The van der Waals surface area contributed by atoms with Crippen LogP contribution in [0.4, 0.5) is 4.79 Å². The van der Waals surface area contributed by atoms with Crippen LogP contribution in [0.1, 0.15) is 27.2 Å². The minimum atomic E-state index is -0.418. The van der Waals surface area contributed by atoms with Crippen LogP contribution in [0.25, 0.3) is 0 Å². The van der Waals surface area contributed by atoms with Crippen LogP contribution in [0, 0.1) is 5.92 Å². The van der Waals surface area contributed by atoms with Gasteiger partial charge in [-0.25, -0.2) is 4.79 Å². The van der Waals surface area contributed by atoms with Gasteiger partial charge in [-0.3, -0.25) is 0 Å². The van der Waals surface area contributed by atoms with Crippen molar-refractivity contribution in [3.63, 3.8) is 0 Å². The van der Waals surface area contributed by atoms with Crippen molar-refractivity contribution < 1.29 is 9.53 Å². The molecule has 1 fully saturated rings. The average molecular weight is 257 g/mol. The van der Waals surface area contributed by atoms with E-state index >= 15 is 0 Å². The van der Waals surface area contributed by atoms with Crippen LogP contribution in [-0.2, 0) is 4.74 Å². The zero-order valence-electron chi connectivity index (χ0n) is 12.1. The number of rotatable bonds is 5. The first-order chi connectivity index (χ1) is 8.40. The minimum Gasteiger partial charge on any atom is -0.444 e. The van der Waals surface area contributed by atoms with E-state index in [1.807, 2.05) is 27.8 Å². The zero-order chi connectivity index (χ0) is 13.6. The Kier molecular flexibility index (Phi) is 5.88. The Balaban J connectivity index is 2.15. The predicted octanol–water partition coefficient (Wildman–Crippen LogP) is 1.05. The third kappa shape index (κ3) is 6.21. The summed E-state index contributed by atoms with van der Waals surface area (Å²) in [4.78, 5) is 13.9. The van der Waals surface area contributed by atoms with Crippen molar-refractivity contribution in [2.24, 2.45) is 5.92 Å². The third-order valence-corrected chi connectivity index (χ3v) is 2.98. The smallest absolute Gasteiger partial charge is 0.407 e. The second-order valence-electron chi connectivity index (χ2n) is 5.94. The molecule has 0 aliphatic carbocycles. The molecule has 1 aliphatic rings. The number of nitrogens with zero attached hydrogens (tertiary/aromatic N) is 1. The molecule has 0 aromatic carbocycles. The molecule has 0 radical (unpaired) electrons. The van der Waals surface area contributed by atoms with Crippen molar-refractivity contribution in [1.29, 1.82) is 0 Å². The lowest BCUT2D eigenvalue weighted by atomic mass is 10.1. The summed E-state index contributed by atoms with van der Waals surface area (Å²) in [5.41, 5.74) is -0.418. The molecule has 0 saturated carbocycles. The van der Waals surface area contributed by atoms with Gasteiger partial charge in [0.05, 0.1) is 0 Å². The van der Waals surface area contributed by atoms with Gasteiger partial charge in [-0.2, -0.15) is 0 Å². The first-order valence-corrected chi connectivity index (χ1v) is 6.74. The van der Waals surface area contributed by atoms with Gasteiger partial charge in [-0.15, -0.1) is 0 Å². The van der Waals surface area contributed by atoms with Crippen molar-refractivity contribution in [3.05, 3.63) is 0 Å². The number of hydrogen-bond acceptors (Lipinski definition) is 4. The van der Waals surface area contributed by atoms with Gasteiger partial charge < -0.3 is 20.3 Å². The van der Waals surface area contributed by atoms with Gasteiger partial charge in [0.2, 0.25) is 0 Å². The Morgan fingerprint density at radius 1 is 1.44 bits per heavy atom. The molecule has 5 nitrogen and oxygen atoms in total. The molecule has 18 heavy (non-hydrogen) atoms. The average Bonchev–Trinajstić information content (AvgIpc) is 2.69. The number of carbonyl (C=O) groups excluding carboxylic acids is 1. The largest absolute Gasteiger partial charge is 0.444 e. The Bertz CT molecular complexity index is 263. The van der Waals surface area contributed by atoms with Crippen molar-refractivity contribution in [1.82, 2.24) is 15.5 Å². The van der Waals surface area contributed by atoms with Crippen molar-refractivity contribution in [3.8, 4) is 0 Å². The van der Waals surface area contributed by atoms with Crippen LogP contribution in [0.5, 0.6) is 0 Å². The lowest BCUT2D eigenvalue weighted by molar-refractivity contribution is 0.0520. The van der Waals surface area contributed by atoms with Crippen molar-refractivity contribution in [2.75, 3.05) is 39.8 Å². The molecular formula is C13H27N3O2. The lowest BCUT2D eigenvalue weighted by Crippen LogP contribution is -2.36. The predicted molar refractivity (Wildman–Crippen MR) is 72.7 cm³/mol. The molecule has 106 valence electrons. The van der Waals surface area contributed by atoms with Crippen LogP contribution in [0.2, 0.25) is 0 Å². The number of likely N-dealkylation sites (N-methyl/N-ethyl adjacent to an activating group) is 1. The lowest BCUT2D eigenvalue weighted by Gasteiger charge is -2.21. The number of nitrogens with one attached hydrogen (secondary N) is 2. The van der Waals surface area contributed by atoms with E-state index in [2.05, 4.69) is 15.5 Å². The highest BCUT2D eigenvalue weighted by Gasteiger charge is 2.23. The van der Waals surface area contributed by atoms with E-state index < -0.39 is 5.60 Å². The molecule has 2 N–H and O–H groups in total. The molecule has 1 heterocycles. The zero-order valence-corrected chi connectivity index (χ0v) is 12.1. The van der Waals surface area contributed by atoms with E-state index in [1.165, 1.54) is 0 Å². The number of hydrogen-bond donors (Lipinski definition) is 2. The van der Waals surface area contributed by atoms with Gasteiger partial charge in [0, 0.05) is 26.2 Å². The first kappa shape index (κ1) is 15.2. The third-order valence-electron chi connectivity index (χ3n) is 2.98. The molecule has 0 aromatic rings. The van der Waals surface area contributed by atoms with E-state index in [9.17, 15) is 4.79 Å². The Morgan fingerprint density at radius 2 is 2.17 bits per heavy atom. The quantitative estimate of drug-likeness (QED) is 0.773. The number of amides is 1. The van der Waals surface area contributed by atoms with E-state index in [-0.39, 0.29) is 6.09 Å². The molecule has 0 bridgehead atoms. The fourth-order valence-electron chi connectivity index (χ4n) is 2.09. The maximum Gasteiger partial charge on any atom is 0.407 e. The molecule has 1 unspecified atom stereocenters. The summed E-state index contributed by atoms with van der Waals surface area (Å²) in [6.07, 6.45) is 0.843. The Hall–Kier alpha value is -0.810. The van der Waals surface area contributed by atoms with Crippen LogP contribution >= 0.6 is 0 Å². The highest BCUT2D eigenvalue weighted by molar-refractivity contribution is 5.67. The van der Waals surface area contributed by atoms with Gasteiger partial charge in [0.1, 0.15) is 5.60 Å². The summed E-state index contributed by atoms with van der Waals surface area (Å²) < 4.78 is 5.22. The fourth-order valence-corrected chi connectivity index (χ4v) is 2.09. The highest BCUT2D eigenvalue weighted by Crippen LogP contribution is 2.15.